The van der Waals surface area contributed by atoms with Crippen LogP contribution in [0.2, 0.25) is 0 Å². The Hall–Kier alpha value is -0.630. The van der Waals surface area contributed by atoms with E-state index < -0.39 is 5.54 Å². The molecule has 0 bridgehead atoms. The van der Waals surface area contributed by atoms with E-state index in [-0.39, 0.29) is 0 Å². The SMILES string of the molecule is CN(CCCCC(C)(N)C#N)CC1CCOCC1. The first-order valence-electron chi connectivity index (χ1n) is 7.00. The van der Waals surface area contributed by atoms with Crippen molar-refractivity contribution in [3.8, 4) is 6.07 Å². The van der Waals surface area contributed by atoms with Crippen molar-refractivity contribution in [2.45, 2.75) is 44.6 Å². The Morgan fingerprint density at radius 1 is 1.39 bits per heavy atom. The van der Waals surface area contributed by atoms with Gasteiger partial charge in [0.2, 0.25) is 0 Å². The van der Waals surface area contributed by atoms with Crippen LogP contribution in [-0.4, -0.2) is 43.8 Å². The van der Waals surface area contributed by atoms with Crippen LogP contribution in [-0.2, 0) is 4.74 Å². The summed E-state index contributed by atoms with van der Waals surface area (Å²) in [5.74, 6) is 0.794. The summed E-state index contributed by atoms with van der Waals surface area (Å²) in [5, 5.41) is 8.82. The molecule has 18 heavy (non-hydrogen) atoms. The van der Waals surface area contributed by atoms with Gasteiger partial charge in [0.15, 0.2) is 0 Å². The van der Waals surface area contributed by atoms with Crippen LogP contribution in [0, 0.1) is 17.2 Å². The van der Waals surface area contributed by atoms with Gasteiger partial charge in [0.05, 0.1) is 6.07 Å². The molecule has 0 radical (unpaired) electrons. The van der Waals surface area contributed by atoms with Crippen LogP contribution < -0.4 is 5.73 Å². The Kier molecular flexibility index (Phi) is 6.62. The summed E-state index contributed by atoms with van der Waals surface area (Å²) in [7, 11) is 2.18. The fourth-order valence-corrected chi connectivity index (χ4v) is 2.39. The third kappa shape index (κ3) is 6.34. The van der Waals surface area contributed by atoms with Gasteiger partial charge in [-0.05, 0) is 58.5 Å². The van der Waals surface area contributed by atoms with E-state index in [4.69, 9.17) is 15.7 Å². The second-order valence-electron chi connectivity index (χ2n) is 5.80. The maximum atomic E-state index is 8.82. The molecule has 1 rings (SSSR count). The second kappa shape index (κ2) is 7.73. The van der Waals surface area contributed by atoms with Gasteiger partial charge in [0, 0.05) is 19.8 Å². The Bertz CT molecular complexity index is 267. The van der Waals surface area contributed by atoms with Crippen molar-refractivity contribution in [2.24, 2.45) is 11.7 Å². The Morgan fingerprint density at radius 2 is 2.06 bits per heavy atom. The summed E-state index contributed by atoms with van der Waals surface area (Å²) < 4.78 is 5.37. The molecule has 0 saturated carbocycles. The molecule has 1 fully saturated rings. The molecule has 1 aliphatic heterocycles. The molecule has 1 saturated heterocycles. The zero-order valence-electron chi connectivity index (χ0n) is 11.8. The lowest BCUT2D eigenvalue weighted by molar-refractivity contribution is 0.0555. The van der Waals surface area contributed by atoms with Crippen LogP contribution in [0.3, 0.4) is 0 Å². The van der Waals surface area contributed by atoms with E-state index >= 15 is 0 Å². The number of rotatable bonds is 7. The summed E-state index contributed by atoms with van der Waals surface area (Å²) in [5.41, 5.74) is 5.14. The van der Waals surface area contributed by atoms with Crippen LogP contribution in [0.4, 0.5) is 0 Å². The maximum absolute atomic E-state index is 8.82. The van der Waals surface area contributed by atoms with Crippen molar-refractivity contribution >= 4 is 0 Å². The fourth-order valence-electron chi connectivity index (χ4n) is 2.39. The summed E-state index contributed by atoms with van der Waals surface area (Å²) in [6.07, 6.45) is 5.32. The molecule has 0 aromatic heterocycles. The first-order valence-corrected chi connectivity index (χ1v) is 7.00. The number of hydrogen-bond acceptors (Lipinski definition) is 4. The first-order chi connectivity index (χ1) is 8.53. The van der Waals surface area contributed by atoms with Gasteiger partial charge < -0.3 is 15.4 Å². The molecule has 1 aliphatic rings. The Morgan fingerprint density at radius 3 is 2.67 bits per heavy atom. The molecular weight excluding hydrogens is 226 g/mol. The highest BCUT2D eigenvalue weighted by Crippen LogP contribution is 2.16. The minimum atomic E-state index is -0.653. The molecule has 0 aliphatic carbocycles. The van der Waals surface area contributed by atoms with Gasteiger partial charge in [-0.1, -0.05) is 0 Å². The minimum absolute atomic E-state index is 0.653. The van der Waals surface area contributed by atoms with Gasteiger partial charge in [-0.2, -0.15) is 5.26 Å². The summed E-state index contributed by atoms with van der Waals surface area (Å²) in [4.78, 5) is 2.40. The van der Waals surface area contributed by atoms with Crippen molar-refractivity contribution in [1.29, 1.82) is 5.26 Å². The number of nitriles is 1. The number of unbranched alkanes of at least 4 members (excludes halogenated alkanes) is 1. The Balaban J connectivity index is 2.06. The van der Waals surface area contributed by atoms with Crippen molar-refractivity contribution in [2.75, 3.05) is 33.4 Å². The predicted octanol–water partition coefficient (Wildman–Crippen LogP) is 1.76. The normalized spacial score (nSPS) is 20.6. The predicted molar refractivity (Wildman–Crippen MR) is 73.1 cm³/mol. The third-order valence-corrected chi connectivity index (χ3v) is 3.65. The molecule has 0 aromatic carbocycles. The molecule has 0 amide bonds. The van der Waals surface area contributed by atoms with Crippen molar-refractivity contribution < 1.29 is 4.74 Å². The molecule has 0 spiro atoms. The first kappa shape index (κ1) is 15.4. The lowest BCUT2D eigenvalue weighted by atomic mass is 9.97. The summed E-state index contributed by atoms with van der Waals surface area (Å²) in [6, 6.07) is 2.15. The van der Waals surface area contributed by atoms with Gasteiger partial charge >= 0.3 is 0 Å². The minimum Gasteiger partial charge on any atom is -0.381 e. The number of nitrogens with two attached hydrogens (primary N) is 1. The molecule has 4 heteroatoms. The fraction of sp³-hybridized carbons (Fsp3) is 0.929. The van der Waals surface area contributed by atoms with E-state index in [1.54, 1.807) is 6.92 Å². The van der Waals surface area contributed by atoms with Gasteiger partial charge in [-0.15, -0.1) is 0 Å². The average molecular weight is 253 g/mol. The highest BCUT2D eigenvalue weighted by molar-refractivity contribution is 5.00. The van der Waals surface area contributed by atoms with Gasteiger partial charge in [0.1, 0.15) is 5.54 Å². The monoisotopic (exact) mass is 253 g/mol. The molecule has 104 valence electrons. The highest BCUT2D eigenvalue weighted by atomic mass is 16.5. The van der Waals surface area contributed by atoms with Crippen LogP contribution in [0.5, 0.6) is 0 Å². The lowest BCUT2D eigenvalue weighted by Crippen LogP contribution is -2.34. The van der Waals surface area contributed by atoms with Gasteiger partial charge in [0.25, 0.3) is 0 Å². The van der Waals surface area contributed by atoms with Crippen LogP contribution >= 0.6 is 0 Å². The van der Waals surface area contributed by atoms with Crippen molar-refractivity contribution in [3.05, 3.63) is 0 Å². The van der Waals surface area contributed by atoms with E-state index in [0.717, 1.165) is 44.9 Å². The number of nitrogens with zero attached hydrogens (tertiary/aromatic N) is 2. The van der Waals surface area contributed by atoms with Crippen LogP contribution in [0.25, 0.3) is 0 Å². The molecule has 4 nitrogen and oxygen atoms in total. The average Bonchev–Trinajstić information content (AvgIpc) is 2.36. The molecule has 1 atom stereocenters. The zero-order valence-corrected chi connectivity index (χ0v) is 11.8. The summed E-state index contributed by atoms with van der Waals surface area (Å²) >= 11 is 0. The molecule has 2 N–H and O–H groups in total. The van der Waals surface area contributed by atoms with E-state index in [9.17, 15) is 0 Å². The second-order valence-corrected chi connectivity index (χ2v) is 5.80. The van der Waals surface area contributed by atoms with E-state index in [1.165, 1.54) is 19.4 Å². The largest absolute Gasteiger partial charge is 0.381 e. The van der Waals surface area contributed by atoms with Crippen LogP contribution in [0.15, 0.2) is 0 Å². The van der Waals surface area contributed by atoms with E-state index in [0.29, 0.717) is 0 Å². The standard InChI is InChI=1S/C14H27N3O/c1-14(16,12-15)7-3-4-8-17(2)11-13-5-9-18-10-6-13/h13H,3-11,16H2,1-2H3. The van der Waals surface area contributed by atoms with E-state index in [2.05, 4.69) is 18.0 Å². The highest BCUT2D eigenvalue weighted by Gasteiger charge is 2.17. The molecule has 1 heterocycles. The lowest BCUT2D eigenvalue weighted by Gasteiger charge is -2.27. The molecular formula is C14H27N3O. The quantitative estimate of drug-likeness (QED) is 0.702. The van der Waals surface area contributed by atoms with Gasteiger partial charge in [-0.25, -0.2) is 0 Å². The van der Waals surface area contributed by atoms with Crippen molar-refractivity contribution in [1.82, 2.24) is 4.90 Å². The molecule has 0 aromatic rings. The number of ether oxygens (including phenoxy) is 1. The smallest absolute Gasteiger partial charge is 0.101 e. The third-order valence-electron chi connectivity index (χ3n) is 3.65. The Labute approximate surface area is 111 Å². The van der Waals surface area contributed by atoms with E-state index in [1.807, 2.05) is 0 Å². The zero-order chi connectivity index (χ0) is 13.4. The van der Waals surface area contributed by atoms with Crippen LogP contribution in [0.1, 0.15) is 39.0 Å². The molecule has 1 unspecified atom stereocenters. The number of hydrogen-bond donors (Lipinski definition) is 1. The maximum Gasteiger partial charge on any atom is 0.101 e. The van der Waals surface area contributed by atoms with Crippen molar-refractivity contribution in [3.63, 3.8) is 0 Å². The van der Waals surface area contributed by atoms with Gasteiger partial charge in [-0.3, -0.25) is 0 Å². The topological polar surface area (TPSA) is 62.3 Å². The summed E-state index contributed by atoms with van der Waals surface area (Å²) in [6.45, 7) is 5.91.